The molecule has 0 radical (unpaired) electrons. The normalized spacial score (nSPS) is 15.5. The van der Waals surface area contributed by atoms with Gasteiger partial charge in [0.1, 0.15) is 6.04 Å². The molecule has 8 heteroatoms. The van der Waals surface area contributed by atoms with E-state index in [1.54, 1.807) is 22.6 Å². The van der Waals surface area contributed by atoms with Crippen LogP contribution < -0.4 is 10.6 Å². The van der Waals surface area contributed by atoms with Gasteiger partial charge in [0.05, 0.1) is 11.3 Å². The summed E-state index contributed by atoms with van der Waals surface area (Å²) < 4.78 is 1.76. The van der Waals surface area contributed by atoms with Crippen LogP contribution in [0.25, 0.3) is 0 Å². The summed E-state index contributed by atoms with van der Waals surface area (Å²) in [5.74, 6) is 1.36. The van der Waals surface area contributed by atoms with Crippen molar-refractivity contribution in [3.63, 3.8) is 0 Å². The number of benzene rings is 1. The Hall–Kier alpha value is -3.13. The molecule has 7 nitrogen and oxygen atoms in total. The fraction of sp³-hybridized carbons (Fsp3) is 0.273. The molecule has 3 heterocycles. The largest absolute Gasteiger partial charge is 0.328 e. The molecule has 1 aromatic carbocycles. The average Bonchev–Trinajstić information content (AvgIpc) is 3.14. The SMILES string of the molecule is CCCSc1nc2n(n1)C(c1ccccn1)C(C(=O)Nc1cccc(C)c1)=C(C)N2. The fourth-order valence-corrected chi connectivity index (χ4v) is 4.10. The zero-order valence-electron chi connectivity index (χ0n) is 17.2. The summed E-state index contributed by atoms with van der Waals surface area (Å²) >= 11 is 1.60. The van der Waals surface area contributed by atoms with Crippen molar-refractivity contribution >= 4 is 29.3 Å². The summed E-state index contributed by atoms with van der Waals surface area (Å²) in [6.07, 6.45) is 2.76. The third kappa shape index (κ3) is 4.09. The van der Waals surface area contributed by atoms with Gasteiger partial charge in [-0.2, -0.15) is 4.98 Å². The highest BCUT2D eigenvalue weighted by Crippen LogP contribution is 2.35. The summed E-state index contributed by atoms with van der Waals surface area (Å²) in [7, 11) is 0. The number of pyridine rings is 1. The van der Waals surface area contributed by atoms with E-state index in [4.69, 9.17) is 0 Å². The first-order valence-corrected chi connectivity index (χ1v) is 10.9. The first kappa shape index (κ1) is 20.2. The molecule has 3 aromatic rings. The monoisotopic (exact) mass is 420 g/mol. The minimum Gasteiger partial charge on any atom is -0.328 e. The van der Waals surface area contributed by atoms with Crippen LogP contribution in [0, 0.1) is 6.92 Å². The maximum Gasteiger partial charge on any atom is 0.255 e. The Bertz CT molecular complexity index is 1090. The van der Waals surface area contributed by atoms with E-state index in [1.165, 1.54) is 0 Å². The first-order chi connectivity index (χ1) is 14.6. The van der Waals surface area contributed by atoms with E-state index in [0.717, 1.165) is 34.8 Å². The van der Waals surface area contributed by atoms with Gasteiger partial charge in [0.25, 0.3) is 5.91 Å². The highest BCUT2D eigenvalue weighted by Gasteiger charge is 2.35. The van der Waals surface area contributed by atoms with Crippen LogP contribution in [-0.4, -0.2) is 31.4 Å². The Labute approximate surface area is 180 Å². The lowest BCUT2D eigenvalue weighted by atomic mass is 9.98. The predicted molar refractivity (Wildman–Crippen MR) is 120 cm³/mol. The molecule has 154 valence electrons. The number of rotatable bonds is 6. The number of anilines is 2. The maximum absolute atomic E-state index is 13.4. The molecule has 1 unspecified atom stereocenters. The number of carbonyl (C=O) groups is 1. The second-order valence-corrected chi connectivity index (χ2v) is 8.22. The Kier molecular flexibility index (Phi) is 5.85. The van der Waals surface area contributed by atoms with Crippen LogP contribution in [0.4, 0.5) is 11.6 Å². The highest BCUT2D eigenvalue weighted by molar-refractivity contribution is 7.99. The average molecular weight is 421 g/mol. The molecule has 2 aromatic heterocycles. The van der Waals surface area contributed by atoms with Crippen LogP contribution in [-0.2, 0) is 4.79 Å². The van der Waals surface area contributed by atoms with E-state index in [1.807, 2.05) is 56.3 Å². The number of carbonyl (C=O) groups excluding carboxylic acids is 1. The zero-order chi connectivity index (χ0) is 21.1. The number of amides is 1. The summed E-state index contributed by atoms with van der Waals surface area (Å²) in [6, 6.07) is 13.0. The number of nitrogens with one attached hydrogen (secondary N) is 2. The van der Waals surface area contributed by atoms with Gasteiger partial charge < -0.3 is 10.6 Å². The summed E-state index contributed by atoms with van der Waals surface area (Å²) in [5, 5.41) is 11.6. The van der Waals surface area contributed by atoms with Gasteiger partial charge in [-0.1, -0.05) is 36.9 Å². The van der Waals surface area contributed by atoms with Gasteiger partial charge in [-0.15, -0.1) is 5.10 Å². The topological polar surface area (TPSA) is 84.7 Å². The third-order valence-electron chi connectivity index (χ3n) is 4.76. The van der Waals surface area contributed by atoms with E-state index < -0.39 is 6.04 Å². The molecular formula is C22H24N6OS. The maximum atomic E-state index is 13.4. The molecule has 4 rings (SSSR count). The molecule has 1 atom stereocenters. The van der Waals surface area contributed by atoms with Crippen molar-refractivity contribution in [1.29, 1.82) is 0 Å². The number of fused-ring (bicyclic) bond motifs is 1. The lowest BCUT2D eigenvalue weighted by molar-refractivity contribution is -0.113. The van der Waals surface area contributed by atoms with Crippen molar-refractivity contribution < 1.29 is 4.79 Å². The van der Waals surface area contributed by atoms with Crippen molar-refractivity contribution in [3.8, 4) is 0 Å². The molecule has 1 aliphatic rings. The van der Waals surface area contributed by atoms with E-state index in [9.17, 15) is 4.79 Å². The molecular weight excluding hydrogens is 396 g/mol. The number of hydrogen-bond donors (Lipinski definition) is 2. The summed E-state index contributed by atoms with van der Waals surface area (Å²) in [6.45, 7) is 6.01. The van der Waals surface area contributed by atoms with E-state index in [-0.39, 0.29) is 5.91 Å². The van der Waals surface area contributed by atoms with E-state index in [2.05, 4.69) is 32.6 Å². The Morgan fingerprint density at radius 3 is 2.83 bits per heavy atom. The third-order valence-corrected chi connectivity index (χ3v) is 5.80. The molecule has 0 aliphatic carbocycles. The first-order valence-electron chi connectivity index (χ1n) is 9.93. The predicted octanol–water partition coefficient (Wildman–Crippen LogP) is 4.41. The van der Waals surface area contributed by atoms with Gasteiger partial charge in [0.2, 0.25) is 11.1 Å². The van der Waals surface area contributed by atoms with Gasteiger partial charge >= 0.3 is 0 Å². The lowest BCUT2D eigenvalue weighted by Crippen LogP contribution is -2.32. The number of aromatic nitrogens is 4. The number of nitrogens with zero attached hydrogens (tertiary/aromatic N) is 4. The molecule has 0 saturated heterocycles. The summed E-state index contributed by atoms with van der Waals surface area (Å²) in [5.41, 5.74) is 3.88. The minimum atomic E-state index is -0.462. The molecule has 30 heavy (non-hydrogen) atoms. The lowest BCUT2D eigenvalue weighted by Gasteiger charge is -2.28. The second-order valence-electron chi connectivity index (χ2n) is 7.16. The van der Waals surface area contributed by atoms with Crippen LogP contribution in [0.1, 0.15) is 37.6 Å². The van der Waals surface area contributed by atoms with Crippen LogP contribution in [0.3, 0.4) is 0 Å². The van der Waals surface area contributed by atoms with Crippen molar-refractivity contribution in [2.75, 3.05) is 16.4 Å². The number of allylic oxidation sites excluding steroid dienone is 1. The Morgan fingerprint density at radius 1 is 1.23 bits per heavy atom. The zero-order valence-corrected chi connectivity index (χ0v) is 18.0. The van der Waals surface area contributed by atoms with Crippen molar-refractivity contribution in [2.24, 2.45) is 0 Å². The Balaban J connectivity index is 1.74. The fourth-order valence-electron chi connectivity index (χ4n) is 3.41. The van der Waals surface area contributed by atoms with Gasteiger partial charge in [0.15, 0.2) is 0 Å². The number of thioether (sulfide) groups is 1. The molecule has 1 aliphatic heterocycles. The van der Waals surface area contributed by atoms with Gasteiger partial charge in [-0.05, 0) is 50.1 Å². The van der Waals surface area contributed by atoms with Gasteiger partial charge in [-0.3, -0.25) is 9.78 Å². The second kappa shape index (κ2) is 8.71. The molecule has 2 N–H and O–H groups in total. The van der Waals surface area contributed by atoms with Gasteiger partial charge in [0, 0.05) is 23.3 Å². The minimum absolute atomic E-state index is 0.190. The van der Waals surface area contributed by atoms with Gasteiger partial charge in [-0.25, -0.2) is 4.68 Å². The Morgan fingerprint density at radius 2 is 2.10 bits per heavy atom. The van der Waals surface area contributed by atoms with Crippen LogP contribution >= 0.6 is 11.8 Å². The van der Waals surface area contributed by atoms with Crippen molar-refractivity contribution in [3.05, 3.63) is 71.2 Å². The van der Waals surface area contributed by atoms with Crippen molar-refractivity contribution in [1.82, 2.24) is 19.7 Å². The van der Waals surface area contributed by atoms with Crippen molar-refractivity contribution in [2.45, 2.75) is 38.4 Å². The smallest absolute Gasteiger partial charge is 0.255 e. The number of aryl methyl sites for hydroxylation is 1. The van der Waals surface area contributed by atoms with E-state index >= 15 is 0 Å². The van der Waals surface area contributed by atoms with Crippen LogP contribution in [0.2, 0.25) is 0 Å². The summed E-state index contributed by atoms with van der Waals surface area (Å²) in [4.78, 5) is 22.5. The molecule has 0 fully saturated rings. The van der Waals surface area contributed by atoms with Crippen LogP contribution in [0.15, 0.2) is 65.1 Å². The molecule has 1 amide bonds. The highest BCUT2D eigenvalue weighted by atomic mass is 32.2. The molecule has 0 saturated carbocycles. The molecule has 0 spiro atoms. The molecule has 0 bridgehead atoms. The van der Waals surface area contributed by atoms with E-state index in [0.29, 0.717) is 16.7 Å². The number of hydrogen-bond acceptors (Lipinski definition) is 6. The standard InChI is InChI=1S/C22H24N6OS/c1-4-12-30-22-26-21-24-15(3)18(20(29)25-16-9-7-8-14(2)13-16)19(28(21)27-22)17-10-5-6-11-23-17/h5-11,13,19H,4,12H2,1-3H3,(H,25,29)(H,24,26,27). The van der Waals surface area contributed by atoms with Crippen LogP contribution in [0.5, 0.6) is 0 Å². The quantitative estimate of drug-likeness (QED) is 0.575.